The molecule has 108 valence electrons. The van der Waals surface area contributed by atoms with Crippen LogP contribution in [0.25, 0.3) is 0 Å². The number of hydrogen-bond donors (Lipinski definition) is 1. The molecule has 5 nitrogen and oxygen atoms in total. The van der Waals surface area contributed by atoms with Crippen molar-refractivity contribution in [1.82, 2.24) is 0 Å². The second-order valence-corrected chi connectivity index (χ2v) is 4.26. The lowest BCUT2D eigenvalue weighted by Crippen LogP contribution is -2.15. The zero-order chi connectivity index (χ0) is 15.3. The van der Waals surface area contributed by atoms with Crippen LogP contribution in [0.15, 0.2) is 23.9 Å². The quantitative estimate of drug-likeness (QED) is 0.525. The lowest BCUT2D eigenvalue weighted by Gasteiger charge is -2.11. The van der Waals surface area contributed by atoms with Gasteiger partial charge in [-0.15, -0.1) is 0 Å². The fourth-order valence-corrected chi connectivity index (χ4v) is 1.63. The molecule has 1 aromatic rings. The number of anilines is 1. The van der Waals surface area contributed by atoms with Crippen LogP contribution in [-0.2, 0) is 19.1 Å². The molecule has 1 aromatic carbocycles. The molecule has 0 aliphatic heterocycles. The first-order valence-corrected chi connectivity index (χ1v) is 5.94. The molecule has 0 spiro atoms. The first kappa shape index (κ1) is 16.3. The highest BCUT2D eigenvalue weighted by Gasteiger charge is 2.15. The van der Waals surface area contributed by atoms with Gasteiger partial charge < -0.3 is 14.8 Å². The highest BCUT2D eigenvalue weighted by atomic mass is 35.5. The van der Waals surface area contributed by atoms with Gasteiger partial charge in [0, 0.05) is 6.07 Å². The van der Waals surface area contributed by atoms with E-state index in [1.807, 2.05) is 0 Å². The van der Waals surface area contributed by atoms with Crippen molar-refractivity contribution in [3.63, 3.8) is 0 Å². The number of carbonyl (C=O) groups is 2. The Kier molecular flexibility index (Phi) is 5.79. The number of nitrogens with one attached hydrogen (secondary N) is 1. The van der Waals surface area contributed by atoms with Crippen LogP contribution in [0, 0.1) is 5.82 Å². The maximum Gasteiger partial charge on any atom is 0.354 e. The molecule has 8 heteroatoms. The summed E-state index contributed by atoms with van der Waals surface area (Å²) < 4.78 is 22.2. The molecule has 0 heterocycles. The van der Waals surface area contributed by atoms with Gasteiger partial charge in [-0.2, -0.15) is 0 Å². The number of ether oxygens (including phenoxy) is 2. The van der Waals surface area contributed by atoms with Gasteiger partial charge in [0.25, 0.3) is 0 Å². The summed E-state index contributed by atoms with van der Waals surface area (Å²) in [5, 5.41) is 2.38. The number of carbonyl (C=O) groups excluding carboxylic acids is 2. The van der Waals surface area contributed by atoms with Crippen LogP contribution in [0.5, 0.6) is 0 Å². The smallest absolute Gasteiger partial charge is 0.354 e. The van der Waals surface area contributed by atoms with Crippen LogP contribution >= 0.6 is 23.2 Å². The molecule has 0 saturated carbocycles. The molecule has 20 heavy (non-hydrogen) atoms. The van der Waals surface area contributed by atoms with Crippen molar-refractivity contribution in [2.45, 2.75) is 0 Å². The van der Waals surface area contributed by atoms with Gasteiger partial charge >= 0.3 is 11.9 Å². The van der Waals surface area contributed by atoms with E-state index in [9.17, 15) is 14.0 Å². The fourth-order valence-electron chi connectivity index (χ4n) is 1.20. The minimum atomic E-state index is -0.846. The first-order chi connectivity index (χ1) is 9.38. The SMILES string of the molecule is COC(=O)/C=C(/Nc1cc(F)c(Cl)cc1Cl)C(=O)OC. The molecule has 1 N–H and O–H groups in total. The van der Waals surface area contributed by atoms with E-state index < -0.39 is 17.8 Å². The molecule has 0 aliphatic carbocycles. The van der Waals surface area contributed by atoms with Crippen LogP contribution in [0.4, 0.5) is 10.1 Å². The standard InChI is InChI=1S/C12H10Cl2FNO4/c1-19-11(17)5-10(12(18)20-2)16-9-4-8(15)6(13)3-7(9)14/h3-5,16H,1-2H3/b10-5+. The van der Waals surface area contributed by atoms with E-state index in [-0.39, 0.29) is 21.4 Å². The highest BCUT2D eigenvalue weighted by Crippen LogP contribution is 2.29. The molecule has 0 aliphatic rings. The Hall–Kier alpha value is -1.79. The minimum Gasteiger partial charge on any atom is -0.466 e. The van der Waals surface area contributed by atoms with Crippen molar-refractivity contribution in [3.05, 3.63) is 39.8 Å². The van der Waals surface area contributed by atoms with Crippen molar-refractivity contribution in [1.29, 1.82) is 0 Å². The second-order valence-electron chi connectivity index (χ2n) is 3.44. The number of halogens is 3. The zero-order valence-electron chi connectivity index (χ0n) is 10.5. The van der Waals surface area contributed by atoms with Gasteiger partial charge in [-0.1, -0.05) is 23.2 Å². The van der Waals surface area contributed by atoms with E-state index in [1.54, 1.807) is 0 Å². The normalized spacial score (nSPS) is 10.9. The molecular weight excluding hydrogens is 312 g/mol. The summed E-state index contributed by atoms with van der Waals surface area (Å²) in [7, 11) is 2.27. The third-order valence-corrected chi connectivity index (χ3v) is 2.75. The van der Waals surface area contributed by atoms with E-state index in [0.29, 0.717) is 0 Å². The van der Waals surface area contributed by atoms with Crippen molar-refractivity contribution < 1.29 is 23.5 Å². The topological polar surface area (TPSA) is 64.6 Å². The summed E-state index contributed by atoms with van der Waals surface area (Å²) in [6.45, 7) is 0. The van der Waals surface area contributed by atoms with Crippen molar-refractivity contribution in [2.75, 3.05) is 19.5 Å². The van der Waals surface area contributed by atoms with E-state index in [4.69, 9.17) is 23.2 Å². The Morgan fingerprint density at radius 1 is 1.20 bits per heavy atom. The van der Waals surface area contributed by atoms with Gasteiger partial charge in [-0.05, 0) is 6.07 Å². The Labute approximate surface area is 124 Å². The molecular formula is C12H10Cl2FNO4. The van der Waals surface area contributed by atoms with Gasteiger partial charge in [0.05, 0.1) is 36.0 Å². The Balaban J connectivity index is 3.14. The molecule has 0 atom stereocenters. The first-order valence-electron chi connectivity index (χ1n) is 5.18. The van der Waals surface area contributed by atoms with Crippen molar-refractivity contribution in [2.24, 2.45) is 0 Å². The maximum atomic E-state index is 13.4. The number of esters is 2. The number of rotatable bonds is 4. The summed E-state index contributed by atoms with van der Waals surface area (Å²) in [5.41, 5.74) is -0.211. The third-order valence-electron chi connectivity index (χ3n) is 2.15. The molecule has 0 saturated heterocycles. The summed E-state index contributed by atoms with van der Waals surface area (Å²) in [6, 6.07) is 2.15. The Morgan fingerprint density at radius 3 is 2.40 bits per heavy atom. The van der Waals surface area contributed by atoms with Crippen molar-refractivity contribution >= 4 is 40.8 Å². The Bertz CT molecular complexity index is 575. The average molecular weight is 322 g/mol. The second kappa shape index (κ2) is 7.12. The number of hydrogen-bond acceptors (Lipinski definition) is 5. The summed E-state index contributed by atoms with van der Waals surface area (Å²) in [5.74, 6) is -2.37. The molecule has 0 radical (unpaired) electrons. The molecule has 0 fully saturated rings. The molecule has 0 unspecified atom stereocenters. The third kappa shape index (κ3) is 4.11. The monoisotopic (exact) mass is 321 g/mol. The molecule has 1 rings (SSSR count). The van der Waals surface area contributed by atoms with Gasteiger partial charge in [0.15, 0.2) is 0 Å². The van der Waals surface area contributed by atoms with E-state index in [2.05, 4.69) is 14.8 Å². The van der Waals surface area contributed by atoms with Crippen molar-refractivity contribution in [3.8, 4) is 0 Å². The molecule has 0 aromatic heterocycles. The van der Waals surface area contributed by atoms with E-state index in [1.165, 1.54) is 0 Å². The van der Waals surface area contributed by atoms with Gasteiger partial charge in [0.2, 0.25) is 0 Å². The van der Waals surface area contributed by atoms with Crippen LogP contribution < -0.4 is 5.32 Å². The van der Waals surface area contributed by atoms with Crippen LogP contribution in [0.1, 0.15) is 0 Å². The van der Waals surface area contributed by atoms with E-state index >= 15 is 0 Å². The van der Waals surface area contributed by atoms with Gasteiger partial charge in [-0.3, -0.25) is 0 Å². The summed E-state index contributed by atoms with van der Waals surface area (Å²) >= 11 is 11.4. The largest absolute Gasteiger partial charge is 0.466 e. The zero-order valence-corrected chi connectivity index (χ0v) is 12.0. The lowest BCUT2D eigenvalue weighted by molar-refractivity contribution is -0.138. The minimum absolute atomic E-state index is 0.0501. The van der Waals surface area contributed by atoms with Crippen LogP contribution in [0.3, 0.4) is 0 Å². The predicted octanol–water partition coefficient (Wildman–Crippen LogP) is 2.77. The van der Waals surface area contributed by atoms with E-state index in [0.717, 1.165) is 32.4 Å². The Morgan fingerprint density at radius 2 is 1.85 bits per heavy atom. The van der Waals surface area contributed by atoms with Crippen LogP contribution in [0.2, 0.25) is 10.0 Å². The fraction of sp³-hybridized carbons (Fsp3) is 0.167. The summed E-state index contributed by atoms with van der Waals surface area (Å²) in [6.07, 6.45) is 0.856. The van der Waals surface area contributed by atoms with Gasteiger partial charge in [0.1, 0.15) is 11.5 Å². The predicted molar refractivity (Wildman–Crippen MR) is 72.2 cm³/mol. The number of benzene rings is 1. The number of methoxy groups -OCH3 is 2. The molecule has 0 bridgehead atoms. The lowest BCUT2D eigenvalue weighted by atomic mass is 10.2. The average Bonchev–Trinajstić information content (AvgIpc) is 2.42. The summed E-state index contributed by atoms with van der Waals surface area (Å²) in [4.78, 5) is 22.7. The van der Waals surface area contributed by atoms with Gasteiger partial charge in [-0.25, -0.2) is 14.0 Å². The maximum absolute atomic E-state index is 13.4. The molecule has 0 amide bonds. The highest BCUT2D eigenvalue weighted by molar-refractivity contribution is 6.36. The van der Waals surface area contributed by atoms with Crippen LogP contribution in [-0.4, -0.2) is 26.2 Å².